The van der Waals surface area contributed by atoms with Crippen molar-refractivity contribution < 1.29 is 8.42 Å². The van der Waals surface area contributed by atoms with E-state index < -0.39 is 10.0 Å². The lowest BCUT2D eigenvalue weighted by atomic mass is 10.2. The number of aromatic nitrogens is 1. The van der Waals surface area contributed by atoms with Gasteiger partial charge in [0.05, 0.1) is 22.5 Å². The van der Waals surface area contributed by atoms with Crippen LogP contribution in [0.25, 0.3) is 0 Å². The molecule has 5 nitrogen and oxygen atoms in total. The summed E-state index contributed by atoms with van der Waals surface area (Å²) in [6.45, 7) is 3.60. The molecule has 0 fully saturated rings. The molecular weight excluding hydrogens is 262 g/mol. The number of hydrogen-bond acceptors (Lipinski definition) is 4. The topological polar surface area (TPSA) is 85.1 Å². The van der Waals surface area contributed by atoms with Gasteiger partial charge in [0.2, 0.25) is 0 Å². The standard InChI is InChI=1S/C13H15N3O2S/c1-9-3-4-10(2)13(7-9)19(17,18)16-12-5-6-15-8-11(12)14/h3-8H,14H2,1-2H3,(H,15,16). The molecule has 0 radical (unpaired) electrons. The van der Waals surface area contributed by atoms with Crippen molar-refractivity contribution in [2.45, 2.75) is 18.7 Å². The molecule has 19 heavy (non-hydrogen) atoms. The summed E-state index contributed by atoms with van der Waals surface area (Å²) >= 11 is 0. The molecule has 100 valence electrons. The molecule has 2 rings (SSSR count). The Morgan fingerprint density at radius 2 is 1.95 bits per heavy atom. The molecule has 2 aromatic rings. The van der Waals surface area contributed by atoms with Crippen LogP contribution in [0.2, 0.25) is 0 Å². The number of nitrogens with two attached hydrogens (primary N) is 1. The van der Waals surface area contributed by atoms with Gasteiger partial charge in [0.15, 0.2) is 0 Å². The maximum absolute atomic E-state index is 12.3. The molecule has 0 unspecified atom stereocenters. The van der Waals surface area contributed by atoms with Crippen LogP contribution >= 0.6 is 0 Å². The van der Waals surface area contributed by atoms with Crippen LogP contribution in [-0.4, -0.2) is 13.4 Å². The van der Waals surface area contributed by atoms with Gasteiger partial charge in [0, 0.05) is 6.20 Å². The molecule has 6 heteroatoms. The zero-order valence-electron chi connectivity index (χ0n) is 10.7. The molecule has 0 saturated heterocycles. The van der Waals surface area contributed by atoms with Gasteiger partial charge >= 0.3 is 0 Å². The van der Waals surface area contributed by atoms with Crippen molar-refractivity contribution in [3.05, 3.63) is 47.8 Å². The van der Waals surface area contributed by atoms with Crippen molar-refractivity contribution in [2.75, 3.05) is 10.5 Å². The van der Waals surface area contributed by atoms with Gasteiger partial charge in [-0.05, 0) is 37.1 Å². The molecular formula is C13H15N3O2S. The molecule has 0 aliphatic carbocycles. The first-order valence-corrected chi connectivity index (χ1v) is 7.18. The second-order valence-corrected chi connectivity index (χ2v) is 5.99. The lowest BCUT2D eigenvalue weighted by Gasteiger charge is -2.12. The SMILES string of the molecule is Cc1ccc(C)c(S(=O)(=O)Nc2ccncc2N)c1. The first-order valence-electron chi connectivity index (χ1n) is 5.70. The second-order valence-electron chi connectivity index (χ2n) is 4.34. The maximum Gasteiger partial charge on any atom is 0.262 e. The molecule has 0 aliphatic rings. The number of rotatable bonds is 3. The van der Waals surface area contributed by atoms with Crippen molar-refractivity contribution in [2.24, 2.45) is 0 Å². The number of sulfonamides is 1. The first kappa shape index (κ1) is 13.4. The summed E-state index contributed by atoms with van der Waals surface area (Å²) in [5.41, 5.74) is 7.87. The van der Waals surface area contributed by atoms with Crippen LogP contribution in [0.3, 0.4) is 0 Å². The Kier molecular flexibility index (Phi) is 3.44. The van der Waals surface area contributed by atoms with E-state index in [-0.39, 0.29) is 10.6 Å². The van der Waals surface area contributed by atoms with E-state index in [9.17, 15) is 8.42 Å². The van der Waals surface area contributed by atoms with Crippen molar-refractivity contribution in [1.82, 2.24) is 4.98 Å². The Balaban J connectivity index is 2.44. The van der Waals surface area contributed by atoms with Gasteiger partial charge in [-0.3, -0.25) is 9.71 Å². The zero-order valence-corrected chi connectivity index (χ0v) is 11.5. The number of aryl methyl sites for hydroxylation is 2. The van der Waals surface area contributed by atoms with Crippen LogP contribution < -0.4 is 10.5 Å². The van der Waals surface area contributed by atoms with Gasteiger partial charge in [0.1, 0.15) is 0 Å². The minimum atomic E-state index is -3.65. The van der Waals surface area contributed by atoms with E-state index in [4.69, 9.17) is 5.73 Å². The number of nitrogen functional groups attached to an aromatic ring is 1. The van der Waals surface area contributed by atoms with E-state index in [1.165, 1.54) is 18.5 Å². The molecule has 0 saturated carbocycles. The summed E-state index contributed by atoms with van der Waals surface area (Å²) in [6.07, 6.45) is 2.89. The van der Waals surface area contributed by atoms with Crippen LogP contribution in [0.15, 0.2) is 41.6 Å². The number of hydrogen-bond donors (Lipinski definition) is 2. The summed E-state index contributed by atoms with van der Waals surface area (Å²) in [4.78, 5) is 4.07. The normalized spacial score (nSPS) is 11.3. The van der Waals surface area contributed by atoms with Gasteiger partial charge in [-0.25, -0.2) is 8.42 Å². The Labute approximate surface area is 112 Å². The average Bonchev–Trinajstić information content (AvgIpc) is 2.35. The number of anilines is 2. The van der Waals surface area contributed by atoms with E-state index in [1.54, 1.807) is 19.1 Å². The van der Waals surface area contributed by atoms with Crippen LogP contribution in [-0.2, 0) is 10.0 Å². The third kappa shape index (κ3) is 2.85. The number of benzene rings is 1. The first-order chi connectivity index (χ1) is 8.90. The molecule has 0 bridgehead atoms. The van der Waals surface area contributed by atoms with Crippen LogP contribution in [0.5, 0.6) is 0 Å². The molecule has 1 aromatic heterocycles. The quantitative estimate of drug-likeness (QED) is 0.899. The van der Waals surface area contributed by atoms with Gasteiger partial charge < -0.3 is 5.73 Å². The highest BCUT2D eigenvalue weighted by atomic mass is 32.2. The predicted octanol–water partition coefficient (Wildman–Crippen LogP) is 2.08. The van der Waals surface area contributed by atoms with Crippen LogP contribution in [0, 0.1) is 13.8 Å². The summed E-state index contributed by atoms with van der Waals surface area (Å²) in [5.74, 6) is 0. The fourth-order valence-corrected chi connectivity index (χ4v) is 3.11. The Morgan fingerprint density at radius 3 is 2.63 bits per heavy atom. The molecule has 0 aliphatic heterocycles. The summed E-state index contributed by atoms with van der Waals surface area (Å²) in [7, 11) is -3.65. The highest BCUT2D eigenvalue weighted by molar-refractivity contribution is 7.92. The summed E-state index contributed by atoms with van der Waals surface area (Å²) in [5, 5.41) is 0. The van der Waals surface area contributed by atoms with Crippen molar-refractivity contribution in [3.63, 3.8) is 0 Å². The minimum Gasteiger partial charge on any atom is -0.396 e. The molecule has 1 aromatic carbocycles. The fourth-order valence-electron chi connectivity index (χ4n) is 1.70. The van der Waals surface area contributed by atoms with E-state index in [2.05, 4.69) is 9.71 Å². The molecule has 3 N–H and O–H groups in total. The van der Waals surface area contributed by atoms with E-state index >= 15 is 0 Å². The lowest BCUT2D eigenvalue weighted by molar-refractivity contribution is 0.600. The maximum atomic E-state index is 12.3. The summed E-state index contributed by atoms with van der Waals surface area (Å²) in [6, 6.07) is 6.81. The highest BCUT2D eigenvalue weighted by Gasteiger charge is 2.18. The van der Waals surface area contributed by atoms with Gasteiger partial charge in [0.25, 0.3) is 10.0 Å². The average molecular weight is 277 g/mol. The monoisotopic (exact) mass is 277 g/mol. The Hall–Kier alpha value is -2.08. The van der Waals surface area contributed by atoms with Crippen molar-refractivity contribution >= 4 is 21.4 Å². The number of nitrogens with one attached hydrogen (secondary N) is 1. The van der Waals surface area contributed by atoms with Gasteiger partial charge in [-0.15, -0.1) is 0 Å². The fraction of sp³-hybridized carbons (Fsp3) is 0.154. The highest BCUT2D eigenvalue weighted by Crippen LogP contribution is 2.23. The zero-order chi connectivity index (χ0) is 14.0. The minimum absolute atomic E-state index is 0.253. The summed E-state index contributed by atoms with van der Waals surface area (Å²) < 4.78 is 27.2. The van der Waals surface area contributed by atoms with Crippen LogP contribution in [0.1, 0.15) is 11.1 Å². The lowest BCUT2D eigenvalue weighted by Crippen LogP contribution is -2.15. The molecule has 0 spiro atoms. The van der Waals surface area contributed by atoms with Crippen LogP contribution in [0.4, 0.5) is 11.4 Å². The number of nitrogens with zero attached hydrogens (tertiary/aromatic N) is 1. The molecule has 0 atom stereocenters. The van der Waals surface area contributed by atoms with Crippen molar-refractivity contribution in [1.29, 1.82) is 0 Å². The molecule has 0 amide bonds. The Bertz CT molecular complexity index is 712. The Morgan fingerprint density at radius 1 is 1.21 bits per heavy atom. The van der Waals surface area contributed by atoms with Crippen molar-refractivity contribution in [3.8, 4) is 0 Å². The third-order valence-electron chi connectivity index (χ3n) is 2.73. The van der Waals surface area contributed by atoms with E-state index in [0.717, 1.165) is 5.56 Å². The smallest absolute Gasteiger partial charge is 0.262 e. The molecule has 1 heterocycles. The largest absolute Gasteiger partial charge is 0.396 e. The van der Waals surface area contributed by atoms with E-state index in [0.29, 0.717) is 11.3 Å². The van der Waals surface area contributed by atoms with E-state index in [1.807, 2.05) is 13.0 Å². The third-order valence-corrected chi connectivity index (χ3v) is 4.24. The second kappa shape index (κ2) is 4.89. The number of pyridine rings is 1. The van der Waals surface area contributed by atoms with Gasteiger partial charge in [-0.2, -0.15) is 0 Å². The predicted molar refractivity (Wildman–Crippen MR) is 75.4 cm³/mol. The van der Waals surface area contributed by atoms with Gasteiger partial charge in [-0.1, -0.05) is 12.1 Å².